The zero-order chi connectivity index (χ0) is 7.61. The highest BCUT2D eigenvalue weighted by Crippen LogP contribution is 2.26. The summed E-state index contributed by atoms with van der Waals surface area (Å²) in [6.07, 6.45) is 2.17. The van der Waals surface area contributed by atoms with Crippen molar-refractivity contribution in [1.82, 2.24) is 0 Å². The standard InChI is InChI=1S/C8H16O2/c1-7-3-4-8(2,6-9)10-5-7/h7,9H,3-6H2,1-2H3/t7-,8-/m1/s1. The molecule has 2 heteroatoms. The van der Waals surface area contributed by atoms with Crippen molar-refractivity contribution in [3.63, 3.8) is 0 Å². The van der Waals surface area contributed by atoms with E-state index in [9.17, 15) is 0 Å². The van der Waals surface area contributed by atoms with Crippen molar-refractivity contribution in [2.24, 2.45) is 5.92 Å². The van der Waals surface area contributed by atoms with Crippen LogP contribution in [-0.2, 0) is 4.74 Å². The number of hydrogen-bond donors (Lipinski definition) is 1. The van der Waals surface area contributed by atoms with E-state index in [-0.39, 0.29) is 12.2 Å². The smallest absolute Gasteiger partial charge is 0.0884 e. The molecule has 0 spiro atoms. The zero-order valence-electron chi connectivity index (χ0n) is 6.76. The van der Waals surface area contributed by atoms with Crippen molar-refractivity contribution >= 4 is 0 Å². The number of ether oxygens (including phenoxy) is 1. The average molecular weight is 144 g/mol. The van der Waals surface area contributed by atoms with Gasteiger partial charge in [0.2, 0.25) is 0 Å². The molecule has 0 aromatic carbocycles. The molecule has 1 N–H and O–H groups in total. The molecule has 1 aliphatic heterocycles. The summed E-state index contributed by atoms with van der Waals surface area (Å²) in [4.78, 5) is 0. The van der Waals surface area contributed by atoms with Gasteiger partial charge in [0, 0.05) is 6.61 Å². The van der Waals surface area contributed by atoms with E-state index in [2.05, 4.69) is 6.92 Å². The molecule has 0 radical (unpaired) electrons. The lowest BCUT2D eigenvalue weighted by atomic mass is 9.92. The Morgan fingerprint density at radius 3 is 2.80 bits per heavy atom. The van der Waals surface area contributed by atoms with Gasteiger partial charge < -0.3 is 9.84 Å². The molecule has 0 amide bonds. The molecule has 0 aromatic heterocycles. The van der Waals surface area contributed by atoms with Gasteiger partial charge in [-0.15, -0.1) is 0 Å². The summed E-state index contributed by atoms with van der Waals surface area (Å²) >= 11 is 0. The lowest BCUT2D eigenvalue weighted by Gasteiger charge is -2.34. The molecule has 2 atom stereocenters. The van der Waals surface area contributed by atoms with Gasteiger partial charge in [0.15, 0.2) is 0 Å². The number of hydrogen-bond acceptors (Lipinski definition) is 2. The van der Waals surface area contributed by atoms with E-state index in [1.165, 1.54) is 6.42 Å². The quantitative estimate of drug-likeness (QED) is 0.599. The van der Waals surface area contributed by atoms with Gasteiger partial charge in [-0.25, -0.2) is 0 Å². The van der Waals surface area contributed by atoms with Crippen LogP contribution in [0, 0.1) is 5.92 Å². The van der Waals surface area contributed by atoms with Crippen LogP contribution in [-0.4, -0.2) is 23.9 Å². The van der Waals surface area contributed by atoms with Crippen LogP contribution in [0.1, 0.15) is 26.7 Å². The molecule has 1 aliphatic rings. The van der Waals surface area contributed by atoms with Gasteiger partial charge in [0.25, 0.3) is 0 Å². The van der Waals surface area contributed by atoms with E-state index < -0.39 is 0 Å². The van der Waals surface area contributed by atoms with Gasteiger partial charge in [-0.1, -0.05) is 6.92 Å². The Kier molecular flexibility index (Phi) is 2.32. The molecule has 1 fully saturated rings. The van der Waals surface area contributed by atoms with Crippen molar-refractivity contribution < 1.29 is 9.84 Å². The first-order chi connectivity index (χ1) is 4.66. The summed E-state index contributed by atoms with van der Waals surface area (Å²) < 4.78 is 5.48. The molecule has 10 heavy (non-hydrogen) atoms. The molecular formula is C8H16O2. The van der Waals surface area contributed by atoms with Crippen LogP contribution >= 0.6 is 0 Å². The van der Waals surface area contributed by atoms with Crippen molar-refractivity contribution in [3.05, 3.63) is 0 Å². The summed E-state index contributed by atoms with van der Waals surface area (Å²) in [6, 6.07) is 0. The fraction of sp³-hybridized carbons (Fsp3) is 1.00. The van der Waals surface area contributed by atoms with Gasteiger partial charge in [-0.3, -0.25) is 0 Å². The third kappa shape index (κ3) is 1.70. The van der Waals surface area contributed by atoms with E-state index in [1.54, 1.807) is 0 Å². The second kappa shape index (κ2) is 2.89. The lowest BCUT2D eigenvalue weighted by Crippen LogP contribution is -2.39. The van der Waals surface area contributed by atoms with Crippen LogP contribution in [0.25, 0.3) is 0 Å². The minimum atomic E-state index is -0.244. The molecule has 0 aromatic rings. The van der Waals surface area contributed by atoms with Crippen LogP contribution < -0.4 is 0 Å². The zero-order valence-corrected chi connectivity index (χ0v) is 6.76. The maximum absolute atomic E-state index is 8.91. The van der Waals surface area contributed by atoms with Crippen molar-refractivity contribution in [3.8, 4) is 0 Å². The van der Waals surface area contributed by atoms with E-state index in [0.717, 1.165) is 13.0 Å². The molecule has 0 unspecified atom stereocenters. The Hall–Kier alpha value is -0.0800. The van der Waals surface area contributed by atoms with Gasteiger partial charge in [-0.2, -0.15) is 0 Å². The summed E-state index contributed by atoms with van der Waals surface area (Å²) in [7, 11) is 0. The lowest BCUT2D eigenvalue weighted by molar-refractivity contribution is -0.111. The monoisotopic (exact) mass is 144 g/mol. The van der Waals surface area contributed by atoms with Gasteiger partial charge in [-0.05, 0) is 25.7 Å². The van der Waals surface area contributed by atoms with E-state index in [0.29, 0.717) is 5.92 Å². The average Bonchev–Trinajstić information content (AvgIpc) is 1.96. The third-order valence-corrected chi connectivity index (χ3v) is 2.22. The summed E-state index contributed by atoms with van der Waals surface area (Å²) in [6.45, 7) is 5.10. The maximum Gasteiger partial charge on any atom is 0.0884 e. The fourth-order valence-corrected chi connectivity index (χ4v) is 1.18. The van der Waals surface area contributed by atoms with Gasteiger partial charge >= 0.3 is 0 Å². The van der Waals surface area contributed by atoms with Crippen molar-refractivity contribution in [1.29, 1.82) is 0 Å². The summed E-state index contributed by atoms with van der Waals surface area (Å²) in [5, 5.41) is 8.91. The Bertz CT molecular complexity index is 104. The SMILES string of the molecule is C[C@@H]1CC[C@](C)(CO)OC1. The van der Waals surface area contributed by atoms with Gasteiger partial charge in [0.1, 0.15) is 0 Å². The summed E-state index contributed by atoms with van der Waals surface area (Å²) in [5.74, 6) is 0.666. The highest BCUT2D eigenvalue weighted by atomic mass is 16.5. The largest absolute Gasteiger partial charge is 0.393 e. The number of aliphatic hydroxyl groups excluding tert-OH is 1. The highest BCUT2D eigenvalue weighted by molar-refractivity contribution is 4.79. The minimum absolute atomic E-state index is 0.152. The first kappa shape index (κ1) is 8.02. The molecule has 2 nitrogen and oxygen atoms in total. The van der Waals surface area contributed by atoms with Crippen molar-refractivity contribution in [2.45, 2.75) is 32.3 Å². The minimum Gasteiger partial charge on any atom is -0.393 e. The van der Waals surface area contributed by atoms with Crippen LogP contribution in [0.15, 0.2) is 0 Å². The Balaban J connectivity index is 2.38. The van der Waals surface area contributed by atoms with E-state index in [4.69, 9.17) is 9.84 Å². The van der Waals surface area contributed by atoms with Crippen LogP contribution in [0.5, 0.6) is 0 Å². The Morgan fingerprint density at radius 1 is 1.70 bits per heavy atom. The molecule has 1 heterocycles. The van der Waals surface area contributed by atoms with E-state index >= 15 is 0 Å². The van der Waals surface area contributed by atoms with Crippen LogP contribution in [0.3, 0.4) is 0 Å². The first-order valence-corrected chi connectivity index (χ1v) is 3.91. The molecule has 0 bridgehead atoms. The third-order valence-electron chi connectivity index (χ3n) is 2.22. The first-order valence-electron chi connectivity index (χ1n) is 3.91. The molecular weight excluding hydrogens is 128 g/mol. The van der Waals surface area contributed by atoms with Crippen LogP contribution in [0.4, 0.5) is 0 Å². The molecule has 0 saturated carbocycles. The summed E-state index contributed by atoms with van der Waals surface area (Å²) in [5.41, 5.74) is -0.244. The molecule has 0 aliphatic carbocycles. The van der Waals surface area contributed by atoms with Crippen molar-refractivity contribution in [2.75, 3.05) is 13.2 Å². The van der Waals surface area contributed by atoms with E-state index in [1.807, 2.05) is 6.92 Å². The number of rotatable bonds is 1. The topological polar surface area (TPSA) is 29.5 Å². The second-order valence-electron chi connectivity index (χ2n) is 3.56. The molecule has 1 rings (SSSR count). The number of aliphatic hydroxyl groups is 1. The predicted octanol–water partition coefficient (Wildman–Crippen LogP) is 1.18. The normalized spacial score (nSPS) is 41.7. The van der Waals surface area contributed by atoms with Crippen LogP contribution in [0.2, 0.25) is 0 Å². The predicted molar refractivity (Wildman–Crippen MR) is 39.8 cm³/mol. The maximum atomic E-state index is 8.91. The highest BCUT2D eigenvalue weighted by Gasteiger charge is 2.29. The van der Waals surface area contributed by atoms with Gasteiger partial charge in [0.05, 0.1) is 12.2 Å². The Labute approximate surface area is 62.2 Å². The second-order valence-corrected chi connectivity index (χ2v) is 3.56. The molecule has 1 saturated heterocycles. The Morgan fingerprint density at radius 2 is 2.40 bits per heavy atom. The fourth-order valence-electron chi connectivity index (χ4n) is 1.18. The molecule has 60 valence electrons.